The first-order valence-electron chi connectivity index (χ1n) is 8.14. The molecule has 0 spiro atoms. The lowest BCUT2D eigenvalue weighted by Crippen LogP contribution is -2.23. The van der Waals surface area contributed by atoms with E-state index in [-0.39, 0.29) is 5.91 Å². The normalized spacial score (nSPS) is 10.3. The van der Waals surface area contributed by atoms with Gasteiger partial charge >= 0.3 is 0 Å². The van der Waals surface area contributed by atoms with Crippen LogP contribution in [-0.2, 0) is 13.1 Å². The number of nitrogens with one attached hydrogen (secondary N) is 2. The minimum atomic E-state index is -0.192. The Kier molecular flexibility index (Phi) is 5.36. The molecule has 0 aliphatic heterocycles. The van der Waals surface area contributed by atoms with Crippen molar-refractivity contribution in [2.75, 3.05) is 5.32 Å². The molecule has 3 aromatic rings. The molecule has 0 saturated carbocycles. The number of aryl methyl sites for hydroxylation is 1. The SMILES string of the molecule is Cc1ccccc1CNc1ccc(C(=O)NCc2ccncc2)nc1. The van der Waals surface area contributed by atoms with Crippen LogP contribution in [0.15, 0.2) is 67.1 Å². The van der Waals surface area contributed by atoms with Gasteiger partial charge in [0.25, 0.3) is 5.91 Å². The summed E-state index contributed by atoms with van der Waals surface area (Å²) in [5.41, 5.74) is 4.76. The smallest absolute Gasteiger partial charge is 0.270 e. The fraction of sp³-hybridized carbons (Fsp3) is 0.150. The Labute approximate surface area is 147 Å². The summed E-state index contributed by atoms with van der Waals surface area (Å²) in [7, 11) is 0. The number of carbonyl (C=O) groups excluding carboxylic acids is 1. The predicted octanol–water partition coefficient (Wildman–Crippen LogP) is 3.33. The molecule has 0 radical (unpaired) electrons. The van der Waals surface area contributed by atoms with E-state index < -0.39 is 0 Å². The number of rotatable bonds is 6. The zero-order valence-electron chi connectivity index (χ0n) is 14.1. The quantitative estimate of drug-likeness (QED) is 0.726. The van der Waals surface area contributed by atoms with Gasteiger partial charge in [0.15, 0.2) is 0 Å². The summed E-state index contributed by atoms with van der Waals surface area (Å²) in [6, 6.07) is 15.6. The third-order valence-electron chi connectivity index (χ3n) is 3.94. The second kappa shape index (κ2) is 8.06. The summed E-state index contributed by atoms with van der Waals surface area (Å²) in [5, 5.41) is 6.18. The molecule has 0 atom stereocenters. The molecule has 0 bridgehead atoms. The topological polar surface area (TPSA) is 66.9 Å². The first-order valence-corrected chi connectivity index (χ1v) is 8.14. The van der Waals surface area contributed by atoms with Gasteiger partial charge in [-0.1, -0.05) is 24.3 Å². The summed E-state index contributed by atoms with van der Waals surface area (Å²) in [6.45, 7) is 3.27. The highest BCUT2D eigenvalue weighted by Crippen LogP contribution is 2.12. The van der Waals surface area contributed by atoms with Crippen LogP contribution in [0.4, 0.5) is 5.69 Å². The maximum Gasteiger partial charge on any atom is 0.270 e. The molecule has 3 rings (SSSR count). The largest absolute Gasteiger partial charge is 0.380 e. The summed E-state index contributed by atoms with van der Waals surface area (Å²) >= 11 is 0. The summed E-state index contributed by atoms with van der Waals surface area (Å²) < 4.78 is 0. The number of pyridine rings is 2. The van der Waals surface area contributed by atoms with E-state index in [1.165, 1.54) is 11.1 Å². The van der Waals surface area contributed by atoms with Crippen LogP contribution in [0.2, 0.25) is 0 Å². The fourth-order valence-electron chi connectivity index (χ4n) is 2.41. The van der Waals surface area contributed by atoms with Crippen LogP contribution >= 0.6 is 0 Å². The first-order chi connectivity index (χ1) is 12.2. The van der Waals surface area contributed by atoms with E-state index in [1.807, 2.05) is 30.3 Å². The van der Waals surface area contributed by atoms with Crippen molar-refractivity contribution in [2.24, 2.45) is 0 Å². The highest BCUT2D eigenvalue weighted by atomic mass is 16.1. The highest BCUT2D eigenvalue weighted by Gasteiger charge is 2.07. The minimum Gasteiger partial charge on any atom is -0.380 e. The maximum absolute atomic E-state index is 12.1. The van der Waals surface area contributed by atoms with E-state index in [1.54, 1.807) is 24.7 Å². The van der Waals surface area contributed by atoms with Gasteiger partial charge in [-0.05, 0) is 47.9 Å². The summed E-state index contributed by atoms with van der Waals surface area (Å²) in [6.07, 6.45) is 5.09. The van der Waals surface area contributed by atoms with E-state index in [9.17, 15) is 4.79 Å². The Bertz CT molecular complexity index is 832. The number of nitrogens with zero attached hydrogens (tertiary/aromatic N) is 2. The zero-order chi connectivity index (χ0) is 17.5. The average molecular weight is 332 g/mol. The molecule has 5 nitrogen and oxygen atoms in total. The molecule has 2 aromatic heterocycles. The van der Waals surface area contributed by atoms with E-state index in [0.29, 0.717) is 12.2 Å². The fourth-order valence-corrected chi connectivity index (χ4v) is 2.41. The van der Waals surface area contributed by atoms with Crippen LogP contribution in [0, 0.1) is 6.92 Å². The molecule has 25 heavy (non-hydrogen) atoms. The first kappa shape index (κ1) is 16.6. The Morgan fingerprint density at radius 1 is 1.00 bits per heavy atom. The molecular weight excluding hydrogens is 312 g/mol. The third-order valence-corrected chi connectivity index (χ3v) is 3.94. The van der Waals surface area contributed by atoms with Crippen LogP contribution in [0.3, 0.4) is 0 Å². The van der Waals surface area contributed by atoms with Crippen LogP contribution < -0.4 is 10.6 Å². The van der Waals surface area contributed by atoms with Crippen LogP contribution in [-0.4, -0.2) is 15.9 Å². The molecule has 0 aliphatic rings. The van der Waals surface area contributed by atoms with E-state index in [4.69, 9.17) is 0 Å². The van der Waals surface area contributed by atoms with Crippen molar-refractivity contribution < 1.29 is 4.79 Å². The van der Waals surface area contributed by atoms with Gasteiger partial charge in [0.2, 0.25) is 0 Å². The van der Waals surface area contributed by atoms with Crippen molar-refractivity contribution in [1.29, 1.82) is 0 Å². The molecule has 1 aromatic carbocycles. The van der Waals surface area contributed by atoms with Crippen molar-refractivity contribution in [3.8, 4) is 0 Å². The standard InChI is InChI=1S/C20H20N4O/c1-15-4-2-3-5-17(15)13-22-18-6-7-19(23-14-18)20(25)24-12-16-8-10-21-11-9-16/h2-11,14,22H,12-13H2,1H3,(H,24,25). The van der Waals surface area contributed by atoms with Crippen molar-refractivity contribution in [3.05, 3.63) is 89.5 Å². The van der Waals surface area contributed by atoms with Crippen molar-refractivity contribution in [2.45, 2.75) is 20.0 Å². The lowest BCUT2D eigenvalue weighted by Gasteiger charge is -2.09. The van der Waals surface area contributed by atoms with Gasteiger partial charge in [-0.15, -0.1) is 0 Å². The van der Waals surface area contributed by atoms with Gasteiger partial charge in [-0.3, -0.25) is 9.78 Å². The molecule has 0 fully saturated rings. The number of amides is 1. The lowest BCUT2D eigenvalue weighted by atomic mass is 10.1. The minimum absolute atomic E-state index is 0.192. The number of anilines is 1. The number of carbonyl (C=O) groups is 1. The predicted molar refractivity (Wildman–Crippen MR) is 98.1 cm³/mol. The van der Waals surface area contributed by atoms with E-state index >= 15 is 0 Å². The van der Waals surface area contributed by atoms with Crippen molar-refractivity contribution >= 4 is 11.6 Å². The number of hydrogen-bond acceptors (Lipinski definition) is 4. The zero-order valence-corrected chi connectivity index (χ0v) is 14.1. The monoisotopic (exact) mass is 332 g/mol. The Balaban J connectivity index is 1.54. The molecule has 126 valence electrons. The van der Waals surface area contributed by atoms with Gasteiger partial charge in [0.1, 0.15) is 5.69 Å². The third kappa shape index (κ3) is 4.64. The van der Waals surface area contributed by atoms with Crippen molar-refractivity contribution in [3.63, 3.8) is 0 Å². The Morgan fingerprint density at radius 3 is 2.52 bits per heavy atom. The molecule has 0 aliphatic carbocycles. The lowest BCUT2D eigenvalue weighted by molar-refractivity contribution is 0.0946. The van der Waals surface area contributed by atoms with Gasteiger partial charge in [-0.2, -0.15) is 0 Å². The van der Waals surface area contributed by atoms with Gasteiger partial charge in [-0.25, -0.2) is 4.98 Å². The van der Waals surface area contributed by atoms with Crippen LogP contribution in [0.1, 0.15) is 27.2 Å². The molecule has 0 unspecified atom stereocenters. The molecule has 5 heteroatoms. The summed E-state index contributed by atoms with van der Waals surface area (Å²) in [5.74, 6) is -0.192. The van der Waals surface area contributed by atoms with Gasteiger partial charge in [0.05, 0.1) is 11.9 Å². The van der Waals surface area contributed by atoms with Crippen LogP contribution in [0.5, 0.6) is 0 Å². The van der Waals surface area contributed by atoms with E-state index in [2.05, 4.69) is 39.7 Å². The number of benzene rings is 1. The number of hydrogen-bond donors (Lipinski definition) is 2. The molecule has 1 amide bonds. The highest BCUT2D eigenvalue weighted by molar-refractivity contribution is 5.92. The van der Waals surface area contributed by atoms with Crippen LogP contribution in [0.25, 0.3) is 0 Å². The molecule has 2 heterocycles. The van der Waals surface area contributed by atoms with Crippen molar-refractivity contribution in [1.82, 2.24) is 15.3 Å². The Hall–Kier alpha value is -3.21. The summed E-state index contributed by atoms with van der Waals surface area (Å²) in [4.78, 5) is 20.3. The second-order valence-electron chi connectivity index (χ2n) is 5.75. The molecular formula is C20H20N4O. The Morgan fingerprint density at radius 2 is 1.80 bits per heavy atom. The second-order valence-corrected chi connectivity index (χ2v) is 5.75. The molecule has 0 saturated heterocycles. The van der Waals surface area contributed by atoms with Gasteiger partial charge in [0, 0.05) is 25.5 Å². The molecule has 2 N–H and O–H groups in total. The maximum atomic E-state index is 12.1. The van der Waals surface area contributed by atoms with Gasteiger partial charge < -0.3 is 10.6 Å². The average Bonchev–Trinajstić information content (AvgIpc) is 2.67. The number of aromatic nitrogens is 2. The van der Waals surface area contributed by atoms with E-state index in [0.717, 1.165) is 17.8 Å².